The summed E-state index contributed by atoms with van der Waals surface area (Å²) in [4.78, 5) is 13.9. The molecule has 0 aliphatic carbocycles. The van der Waals surface area contributed by atoms with Crippen molar-refractivity contribution < 1.29 is 4.79 Å². The molecule has 0 unspecified atom stereocenters. The number of fused-ring (bicyclic) bond motifs is 1. The van der Waals surface area contributed by atoms with Crippen LogP contribution in [0.25, 0.3) is 0 Å². The summed E-state index contributed by atoms with van der Waals surface area (Å²) in [6.45, 7) is 5.38. The Morgan fingerprint density at radius 2 is 2.06 bits per heavy atom. The Bertz CT molecular complexity index is 240. The maximum absolute atomic E-state index is 11.3. The summed E-state index contributed by atoms with van der Waals surface area (Å²) in [6, 6.07) is 0.750. The van der Waals surface area contributed by atoms with E-state index in [2.05, 4.69) is 10.2 Å². The first-order valence-corrected chi connectivity index (χ1v) is 6.82. The average Bonchev–Trinajstić information content (AvgIpc) is 2.35. The molecule has 16 heavy (non-hydrogen) atoms. The van der Waals surface area contributed by atoms with Gasteiger partial charge in [0.25, 0.3) is 0 Å². The Morgan fingerprint density at radius 3 is 2.88 bits per heavy atom. The maximum atomic E-state index is 11.3. The highest BCUT2D eigenvalue weighted by atomic mass is 16.1. The zero-order chi connectivity index (χ0) is 11.4. The fourth-order valence-electron chi connectivity index (χ4n) is 3.19. The van der Waals surface area contributed by atoms with Crippen molar-refractivity contribution >= 4 is 5.91 Å². The molecule has 0 spiro atoms. The Morgan fingerprint density at radius 1 is 1.25 bits per heavy atom. The predicted molar refractivity (Wildman–Crippen MR) is 65.2 cm³/mol. The minimum atomic E-state index is 0.202. The molecule has 2 fully saturated rings. The smallest absolute Gasteiger partial charge is 0.219 e. The molecule has 0 aromatic rings. The number of amides is 1. The molecule has 2 aliphatic heterocycles. The summed E-state index contributed by atoms with van der Waals surface area (Å²) in [6.07, 6.45) is 7.30. The van der Waals surface area contributed by atoms with Crippen molar-refractivity contribution in [2.45, 2.75) is 51.5 Å². The van der Waals surface area contributed by atoms with E-state index in [0.717, 1.165) is 12.6 Å². The molecule has 1 amide bonds. The topological polar surface area (TPSA) is 32.3 Å². The molecule has 2 atom stereocenters. The van der Waals surface area contributed by atoms with Gasteiger partial charge in [-0.25, -0.2) is 0 Å². The third-order valence-electron chi connectivity index (χ3n) is 4.11. The minimum absolute atomic E-state index is 0.202. The molecule has 2 rings (SSSR count). The number of nitrogens with one attached hydrogen (secondary N) is 1. The number of carbonyl (C=O) groups excluding carboxylic acids is 1. The van der Waals surface area contributed by atoms with Gasteiger partial charge in [0.2, 0.25) is 5.91 Å². The lowest BCUT2D eigenvalue weighted by Crippen LogP contribution is -2.50. The number of hydrogen-bond donors (Lipinski definition) is 1. The number of carbonyl (C=O) groups is 1. The lowest BCUT2D eigenvalue weighted by Gasteiger charge is -2.44. The van der Waals surface area contributed by atoms with Crippen LogP contribution in [0.1, 0.15) is 45.4 Å². The molecule has 0 radical (unpaired) electrons. The quantitative estimate of drug-likeness (QED) is 0.792. The van der Waals surface area contributed by atoms with Gasteiger partial charge < -0.3 is 10.2 Å². The van der Waals surface area contributed by atoms with Crippen LogP contribution in [0.15, 0.2) is 0 Å². The van der Waals surface area contributed by atoms with Crippen molar-refractivity contribution in [3.05, 3.63) is 0 Å². The van der Waals surface area contributed by atoms with Gasteiger partial charge in [-0.05, 0) is 44.7 Å². The average molecular weight is 224 g/mol. The zero-order valence-corrected chi connectivity index (χ0v) is 10.4. The first-order valence-electron chi connectivity index (χ1n) is 6.82. The van der Waals surface area contributed by atoms with E-state index in [-0.39, 0.29) is 5.91 Å². The normalized spacial score (nSPS) is 30.8. The standard InChI is InChI=1S/C13H24N2O/c1-2-13(16)14-10-11-6-5-9-15-8-4-3-7-12(11)15/h11-12H,2-10H2,1H3,(H,14,16)/t11-,12+/m1/s1. The van der Waals surface area contributed by atoms with Crippen LogP contribution in [0.4, 0.5) is 0 Å². The molecule has 3 nitrogen and oxygen atoms in total. The molecule has 0 bridgehead atoms. The monoisotopic (exact) mass is 224 g/mol. The van der Waals surface area contributed by atoms with Crippen molar-refractivity contribution in [2.24, 2.45) is 5.92 Å². The van der Waals surface area contributed by atoms with Crippen molar-refractivity contribution in [2.75, 3.05) is 19.6 Å². The van der Waals surface area contributed by atoms with Crippen LogP contribution in [0, 0.1) is 5.92 Å². The van der Waals surface area contributed by atoms with Gasteiger partial charge in [-0.3, -0.25) is 4.79 Å². The molecule has 3 heteroatoms. The molecule has 0 aromatic heterocycles. The molecular weight excluding hydrogens is 200 g/mol. The lowest BCUT2D eigenvalue weighted by molar-refractivity contribution is -0.121. The highest BCUT2D eigenvalue weighted by Gasteiger charge is 2.32. The number of nitrogens with zero attached hydrogens (tertiary/aromatic N) is 1. The van der Waals surface area contributed by atoms with Gasteiger partial charge in [-0.2, -0.15) is 0 Å². The predicted octanol–water partition coefficient (Wildman–Crippen LogP) is 1.78. The van der Waals surface area contributed by atoms with Crippen molar-refractivity contribution in [1.29, 1.82) is 0 Å². The zero-order valence-electron chi connectivity index (χ0n) is 10.4. The van der Waals surface area contributed by atoms with Crippen LogP contribution in [0.5, 0.6) is 0 Å². The van der Waals surface area contributed by atoms with Crippen LogP contribution >= 0.6 is 0 Å². The highest BCUT2D eigenvalue weighted by Crippen LogP contribution is 2.30. The van der Waals surface area contributed by atoms with Gasteiger partial charge >= 0.3 is 0 Å². The summed E-state index contributed by atoms with van der Waals surface area (Å²) in [5.41, 5.74) is 0. The van der Waals surface area contributed by atoms with E-state index < -0.39 is 0 Å². The van der Waals surface area contributed by atoms with Gasteiger partial charge in [0.15, 0.2) is 0 Å². The Balaban J connectivity index is 1.85. The number of piperidine rings is 2. The Labute approximate surface area is 98.6 Å². The van der Waals surface area contributed by atoms with Crippen LogP contribution in [0.3, 0.4) is 0 Å². The van der Waals surface area contributed by atoms with Crippen LogP contribution in [0.2, 0.25) is 0 Å². The lowest BCUT2D eigenvalue weighted by atomic mass is 9.83. The summed E-state index contributed by atoms with van der Waals surface area (Å²) in [7, 11) is 0. The van der Waals surface area contributed by atoms with E-state index in [1.807, 2.05) is 6.92 Å². The highest BCUT2D eigenvalue weighted by molar-refractivity contribution is 5.75. The van der Waals surface area contributed by atoms with E-state index in [1.165, 1.54) is 45.2 Å². The van der Waals surface area contributed by atoms with Gasteiger partial charge in [0.1, 0.15) is 0 Å². The van der Waals surface area contributed by atoms with E-state index in [1.54, 1.807) is 0 Å². The molecule has 2 saturated heterocycles. The van der Waals surface area contributed by atoms with Gasteiger partial charge in [-0.1, -0.05) is 13.3 Å². The first kappa shape index (κ1) is 11.9. The van der Waals surface area contributed by atoms with Gasteiger partial charge in [0.05, 0.1) is 0 Å². The van der Waals surface area contributed by atoms with E-state index in [9.17, 15) is 4.79 Å². The maximum Gasteiger partial charge on any atom is 0.219 e. The molecule has 92 valence electrons. The summed E-state index contributed by atoms with van der Waals surface area (Å²) >= 11 is 0. The van der Waals surface area contributed by atoms with Crippen molar-refractivity contribution in [3.8, 4) is 0 Å². The van der Waals surface area contributed by atoms with Gasteiger partial charge in [-0.15, -0.1) is 0 Å². The first-order chi connectivity index (χ1) is 7.81. The number of hydrogen-bond acceptors (Lipinski definition) is 2. The molecular formula is C13H24N2O. The summed E-state index contributed by atoms with van der Waals surface area (Å²) < 4.78 is 0. The molecule has 2 heterocycles. The molecule has 1 N–H and O–H groups in total. The third kappa shape index (κ3) is 2.76. The van der Waals surface area contributed by atoms with Crippen molar-refractivity contribution in [1.82, 2.24) is 10.2 Å². The van der Waals surface area contributed by atoms with Crippen LogP contribution < -0.4 is 5.32 Å². The second-order valence-electron chi connectivity index (χ2n) is 5.16. The fourth-order valence-corrected chi connectivity index (χ4v) is 3.19. The fraction of sp³-hybridized carbons (Fsp3) is 0.923. The SMILES string of the molecule is CCC(=O)NC[C@H]1CCCN2CCCC[C@@H]12. The van der Waals surface area contributed by atoms with E-state index in [4.69, 9.17) is 0 Å². The second kappa shape index (κ2) is 5.67. The summed E-state index contributed by atoms with van der Waals surface area (Å²) in [5.74, 6) is 0.900. The van der Waals surface area contributed by atoms with Crippen LogP contribution in [-0.4, -0.2) is 36.5 Å². The largest absolute Gasteiger partial charge is 0.356 e. The van der Waals surface area contributed by atoms with Gasteiger partial charge in [0, 0.05) is 19.0 Å². The second-order valence-corrected chi connectivity index (χ2v) is 5.16. The van der Waals surface area contributed by atoms with Crippen molar-refractivity contribution in [3.63, 3.8) is 0 Å². The Kier molecular flexibility index (Phi) is 4.22. The van der Waals surface area contributed by atoms with E-state index in [0.29, 0.717) is 12.3 Å². The molecule has 2 aliphatic rings. The number of rotatable bonds is 3. The Hall–Kier alpha value is -0.570. The third-order valence-corrected chi connectivity index (χ3v) is 4.11. The van der Waals surface area contributed by atoms with E-state index >= 15 is 0 Å². The van der Waals surface area contributed by atoms with Crippen LogP contribution in [-0.2, 0) is 4.79 Å². The minimum Gasteiger partial charge on any atom is -0.356 e. The molecule has 0 aromatic carbocycles. The molecule has 0 saturated carbocycles. The summed E-state index contributed by atoms with van der Waals surface area (Å²) in [5, 5.41) is 3.07.